The number of nitro groups is 1. The van der Waals surface area contributed by atoms with Crippen LogP contribution in [-0.2, 0) is 21.4 Å². The Labute approximate surface area is 137 Å². The van der Waals surface area contributed by atoms with Crippen LogP contribution in [0, 0.1) is 10.1 Å². The molecule has 1 heterocycles. The Morgan fingerprint density at radius 2 is 2.08 bits per heavy atom. The van der Waals surface area contributed by atoms with Gasteiger partial charge in [0.05, 0.1) is 28.7 Å². The minimum absolute atomic E-state index is 0.120. The van der Waals surface area contributed by atoms with Crippen LogP contribution in [0.15, 0.2) is 52.0 Å². The summed E-state index contributed by atoms with van der Waals surface area (Å²) in [6.07, 6.45) is 1.45. The quantitative estimate of drug-likeness (QED) is 0.567. The van der Waals surface area contributed by atoms with E-state index in [0.29, 0.717) is 5.76 Å². The number of carbonyl (C=O) groups is 1. The summed E-state index contributed by atoms with van der Waals surface area (Å²) >= 11 is 0. The molecule has 1 atom stereocenters. The zero-order valence-corrected chi connectivity index (χ0v) is 13.4. The highest BCUT2D eigenvalue weighted by atomic mass is 32.2. The van der Waals surface area contributed by atoms with E-state index in [1.165, 1.54) is 31.4 Å². The van der Waals surface area contributed by atoms with Gasteiger partial charge in [-0.05, 0) is 25.1 Å². The standard InChI is InChI=1S/C14H15N3O6S/c1-10(14(18)15-9-12-5-3-7-23-12)16-24(21,22)13-6-2-4-11(8-13)17(19)20/h2-8,10,16H,9H2,1H3,(H,15,18)/t10-/m0/s1. The van der Waals surface area contributed by atoms with Crippen molar-refractivity contribution in [3.05, 3.63) is 58.5 Å². The molecule has 0 saturated carbocycles. The molecule has 128 valence electrons. The molecule has 0 radical (unpaired) electrons. The van der Waals surface area contributed by atoms with Gasteiger partial charge in [-0.1, -0.05) is 6.07 Å². The molecule has 0 aliphatic carbocycles. The topological polar surface area (TPSA) is 132 Å². The second kappa shape index (κ2) is 7.23. The maximum absolute atomic E-state index is 12.2. The molecule has 0 fully saturated rings. The lowest BCUT2D eigenvalue weighted by Crippen LogP contribution is -2.44. The third-order valence-corrected chi connectivity index (χ3v) is 4.62. The maximum Gasteiger partial charge on any atom is 0.270 e. The molecule has 0 saturated heterocycles. The summed E-state index contributed by atoms with van der Waals surface area (Å²) in [6, 6.07) is 6.84. The molecule has 0 bridgehead atoms. The van der Waals surface area contributed by atoms with E-state index in [9.17, 15) is 23.3 Å². The molecule has 10 heteroatoms. The Bertz CT molecular complexity index is 832. The van der Waals surface area contributed by atoms with Crippen LogP contribution in [0.2, 0.25) is 0 Å². The van der Waals surface area contributed by atoms with Gasteiger partial charge in [0, 0.05) is 12.1 Å². The second-order valence-corrected chi connectivity index (χ2v) is 6.61. The average Bonchev–Trinajstić information content (AvgIpc) is 3.05. The third-order valence-electron chi connectivity index (χ3n) is 3.08. The number of carbonyl (C=O) groups excluding carboxylic acids is 1. The van der Waals surface area contributed by atoms with Crippen molar-refractivity contribution in [3.63, 3.8) is 0 Å². The zero-order valence-electron chi connectivity index (χ0n) is 12.6. The molecule has 9 nitrogen and oxygen atoms in total. The first-order valence-electron chi connectivity index (χ1n) is 6.86. The minimum Gasteiger partial charge on any atom is -0.467 e. The smallest absolute Gasteiger partial charge is 0.270 e. The molecule has 1 aromatic heterocycles. The summed E-state index contributed by atoms with van der Waals surface area (Å²) in [5, 5.41) is 13.2. The Morgan fingerprint density at radius 1 is 1.33 bits per heavy atom. The predicted molar refractivity (Wildman–Crippen MR) is 83.4 cm³/mol. The van der Waals surface area contributed by atoms with E-state index in [0.717, 1.165) is 6.07 Å². The number of nitrogens with zero attached hydrogens (tertiary/aromatic N) is 1. The van der Waals surface area contributed by atoms with E-state index < -0.39 is 26.9 Å². The van der Waals surface area contributed by atoms with Gasteiger partial charge in [-0.25, -0.2) is 8.42 Å². The Hall–Kier alpha value is -2.72. The number of amides is 1. The summed E-state index contributed by atoms with van der Waals surface area (Å²) in [4.78, 5) is 21.7. The summed E-state index contributed by atoms with van der Waals surface area (Å²) in [6.45, 7) is 1.49. The highest BCUT2D eigenvalue weighted by Gasteiger charge is 2.23. The fraction of sp³-hybridized carbons (Fsp3) is 0.214. The van der Waals surface area contributed by atoms with Crippen LogP contribution < -0.4 is 10.0 Å². The first kappa shape index (κ1) is 17.6. The highest BCUT2D eigenvalue weighted by molar-refractivity contribution is 7.89. The van der Waals surface area contributed by atoms with E-state index in [-0.39, 0.29) is 17.1 Å². The highest BCUT2D eigenvalue weighted by Crippen LogP contribution is 2.17. The molecular formula is C14H15N3O6S. The summed E-state index contributed by atoms with van der Waals surface area (Å²) < 4.78 is 31.7. The molecule has 1 aromatic carbocycles. The molecule has 2 rings (SSSR count). The molecule has 0 unspecified atom stereocenters. The molecule has 0 aliphatic heterocycles. The number of furan rings is 1. The van der Waals surface area contributed by atoms with Crippen LogP contribution in [0.3, 0.4) is 0 Å². The number of hydrogen-bond donors (Lipinski definition) is 2. The second-order valence-electron chi connectivity index (χ2n) is 4.89. The molecular weight excluding hydrogens is 338 g/mol. The van der Waals surface area contributed by atoms with Crippen molar-refractivity contribution in [3.8, 4) is 0 Å². The van der Waals surface area contributed by atoms with Gasteiger partial charge in [-0.15, -0.1) is 0 Å². The summed E-state index contributed by atoms with van der Waals surface area (Å²) in [5.74, 6) is -0.0301. The Morgan fingerprint density at radius 3 is 2.71 bits per heavy atom. The number of hydrogen-bond acceptors (Lipinski definition) is 6. The lowest BCUT2D eigenvalue weighted by Gasteiger charge is -2.14. The fourth-order valence-electron chi connectivity index (χ4n) is 1.86. The molecule has 0 spiro atoms. The SMILES string of the molecule is C[C@H](NS(=O)(=O)c1cccc([N+](=O)[O-])c1)C(=O)NCc1ccco1. The van der Waals surface area contributed by atoms with Gasteiger partial charge < -0.3 is 9.73 Å². The van der Waals surface area contributed by atoms with Crippen LogP contribution in [0.25, 0.3) is 0 Å². The van der Waals surface area contributed by atoms with E-state index in [4.69, 9.17) is 4.42 Å². The lowest BCUT2D eigenvalue weighted by atomic mass is 10.3. The predicted octanol–water partition coefficient (Wildman–Crippen LogP) is 1.17. The van der Waals surface area contributed by atoms with Crippen LogP contribution in [0.4, 0.5) is 5.69 Å². The molecule has 24 heavy (non-hydrogen) atoms. The number of rotatable bonds is 7. The van der Waals surface area contributed by atoms with Crippen molar-refractivity contribution in [2.45, 2.75) is 24.4 Å². The van der Waals surface area contributed by atoms with Gasteiger partial charge in [0.15, 0.2) is 0 Å². The molecule has 2 N–H and O–H groups in total. The van der Waals surface area contributed by atoms with Crippen molar-refractivity contribution < 1.29 is 22.6 Å². The Balaban J connectivity index is 2.03. The van der Waals surface area contributed by atoms with Crippen LogP contribution in [0.1, 0.15) is 12.7 Å². The van der Waals surface area contributed by atoms with E-state index in [1.807, 2.05) is 0 Å². The van der Waals surface area contributed by atoms with Gasteiger partial charge in [-0.3, -0.25) is 14.9 Å². The van der Waals surface area contributed by atoms with Gasteiger partial charge in [-0.2, -0.15) is 4.72 Å². The van der Waals surface area contributed by atoms with Crippen molar-refractivity contribution >= 4 is 21.6 Å². The van der Waals surface area contributed by atoms with Gasteiger partial charge in [0.2, 0.25) is 15.9 Å². The normalized spacial score (nSPS) is 12.5. The number of benzene rings is 1. The van der Waals surface area contributed by atoms with E-state index in [1.54, 1.807) is 12.1 Å². The van der Waals surface area contributed by atoms with E-state index in [2.05, 4.69) is 10.0 Å². The van der Waals surface area contributed by atoms with Crippen molar-refractivity contribution in [1.29, 1.82) is 0 Å². The van der Waals surface area contributed by atoms with Gasteiger partial charge >= 0.3 is 0 Å². The average molecular weight is 353 g/mol. The third kappa shape index (κ3) is 4.40. The number of sulfonamides is 1. The van der Waals surface area contributed by atoms with Crippen molar-refractivity contribution in [1.82, 2.24) is 10.0 Å². The van der Waals surface area contributed by atoms with Gasteiger partial charge in [0.1, 0.15) is 5.76 Å². The van der Waals surface area contributed by atoms with Crippen LogP contribution >= 0.6 is 0 Å². The first-order valence-corrected chi connectivity index (χ1v) is 8.35. The Kier molecular flexibility index (Phi) is 5.31. The first-order chi connectivity index (χ1) is 11.3. The summed E-state index contributed by atoms with van der Waals surface area (Å²) in [7, 11) is -4.07. The van der Waals surface area contributed by atoms with Crippen LogP contribution in [-0.4, -0.2) is 25.3 Å². The minimum atomic E-state index is -4.07. The van der Waals surface area contributed by atoms with Crippen molar-refractivity contribution in [2.24, 2.45) is 0 Å². The maximum atomic E-state index is 12.2. The number of non-ortho nitro benzene ring substituents is 1. The van der Waals surface area contributed by atoms with E-state index >= 15 is 0 Å². The number of nitrogens with one attached hydrogen (secondary N) is 2. The largest absolute Gasteiger partial charge is 0.467 e. The number of nitro benzene ring substituents is 1. The van der Waals surface area contributed by atoms with Crippen molar-refractivity contribution in [2.75, 3.05) is 0 Å². The van der Waals surface area contributed by atoms with Crippen LogP contribution in [0.5, 0.6) is 0 Å². The molecule has 0 aliphatic rings. The monoisotopic (exact) mass is 353 g/mol. The summed E-state index contributed by atoms with van der Waals surface area (Å²) in [5.41, 5.74) is -0.354. The van der Waals surface area contributed by atoms with Gasteiger partial charge in [0.25, 0.3) is 5.69 Å². The zero-order chi connectivity index (χ0) is 17.7. The molecule has 1 amide bonds. The molecule has 2 aromatic rings. The fourth-order valence-corrected chi connectivity index (χ4v) is 3.10. The lowest BCUT2D eigenvalue weighted by molar-refractivity contribution is -0.385.